The number of carbonyl (C=O) groups is 1. The van der Waals surface area contributed by atoms with Gasteiger partial charge in [-0.15, -0.1) is 0 Å². The van der Waals surface area contributed by atoms with Crippen molar-refractivity contribution in [2.45, 2.75) is 38.3 Å². The summed E-state index contributed by atoms with van der Waals surface area (Å²) in [7, 11) is 1.79. The fraction of sp³-hybridized carbons (Fsp3) is 0.571. The van der Waals surface area contributed by atoms with E-state index in [1.807, 2.05) is 0 Å². The number of piperidine rings is 1. The molecule has 30 heavy (non-hydrogen) atoms. The molecule has 4 heterocycles. The maximum atomic E-state index is 13.3. The van der Waals surface area contributed by atoms with E-state index in [4.69, 9.17) is 4.74 Å². The third-order valence-electron chi connectivity index (χ3n) is 5.80. The summed E-state index contributed by atoms with van der Waals surface area (Å²) in [5, 5.41) is 4.28. The van der Waals surface area contributed by atoms with E-state index in [0.29, 0.717) is 56.1 Å². The van der Waals surface area contributed by atoms with Gasteiger partial charge in [-0.1, -0.05) is 0 Å². The molecule has 0 amide bonds. The molecule has 2 aliphatic heterocycles. The first-order valence-corrected chi connectivity index (χ1v) is 10.2. The van der Waals surface area contributed by atoms with Crippen molar-refractivity contribution in [2.75, 3.05) is 31.2 Å². The van der Waals surface area contributed by atoms with Gasteiger partial charge in [0, 0.05) is 44.0 Å². The third kappa shape index (κ3) is 4.50. The minimum absolute atomic E-state index is 0.0973. The smallest absolute Gasteiger partial charge is 0.381 e. The molecule has 1 unspecified atom stereocenters. The van der Waals surface area contributed by atoms with Crippen LogP contribution < -0.4 is 4.90 Å². The molecule has 0 radical (unpaired) electrons. The van der Waals surface area contributed by atoms with Crippen molar-refractivity contribution in [2.24, 2.45) is 13.0 Å². The van der Waals surface area contributed by atoms with Gasteiger partial charge >= 0.3 is 6.18 Å². The Balaban J connectivity index is 1.67. The van der Waals surface area contributed by atoms with Gasteiger partial charge in [0.05, 0.1) is 31.2 Å². The van der Waals surface area contributed by atoms with Crippen LogP contribution >= 0.6 is 0 Å². The van der Waals surface area contributed by atoms with Crippen molar-refractivity contribution >= 4 is 11.6 Å². The highest BCUT2D eigenvalue weighted by Gasteiger charge is 2.42. The molecule has 0 N–H and O–H groups in total. The highest BCUT2D eigenvalue weighted by Crippen LogP contribution is 2.35. The standard InChI is InChI=1S/C21H25F3N4O2/c1-27-8-4-15(26-27)11-19(29)17-12-20(25-18-6-10-30-9-5-16(17)18)28-7-2-3-14(13-28)21(22,23)24/h4,8,12,14H,2-3,5-7,9-11,13H2,1H3. The SMILES string of the molecule is Cn1ccc(CC(=O)c2cc(N3CCCC(C(F)(F)F)C3)nc3c2CCOCC3)n1. The van der Waals surface area contributed by atoms with Gasteiger partial charge in [-0.2, -0.15) is 18.3 Å². The summed E-state index contributed by atoms with van der Waals surface area (Å²) < 4.78 is 47.0. The molecule has 162 valence electrons. The number of carbonyl (C=O) groups excluding carboxylic acids is 1. The Hall–Kier alpha value is -2.42. The van der Waals surface area contributed by atoms with Gasteiger partial charge in [-0.25, -0.2) is 4.98 Å². The highest BCUT2D eigenvalue weighted by molar-refractivity contribution is 5.99. The van der Waals surface area contributed by atoms with E-state index >= 15 is 0 Å². The van der Waals surface area contributed by atoms with Gasteiger partial charge < -0.3 is 9.64 Å². The summed E-state index contributed by atoms with van der Waals surface area (Å²) in [6.07, 6.45) is -0.618. The molecule has 0 aromatic carbocycles. The average Bonchev–Trinajstić information content (AvgIpc) is 2.97. The number of ether oxygens (including phenoxy) is 1. The topological polar surface area (TPSA) is 60.2 Å². The van der Waals surface area contributed by atoms with Crippen LogP contribution in [0.5, 0.6) is 0 Å². The number of pyridine rings is 1. The van der Waals surface area contributed by atoms with Crippen molar-refractivity contribution < 1.29 is 22.7 Å². The summed E-state index contributed by atoms with van der Waals surface area (Å²) in [6, 6.07) is 3.47. The lowest BCUT2D eigenvalue weighted by Gasteiger charge is -2.35. The Morgan fingerprint density at radius 3 is 2.83 bits per heavy atom. The Bertz CT molecular complexity index is 925. The zero-order chi connectivity index (χ0) is 21.3. The summed E-state index contributed by atoms with van der Waals surface area (Å²) in [5.41, 5.74) is 2.79. The molecule has 0 saturated carbocycles. The quantitative estimate of drug-likeness (QED) is 0.709. The lowest BCUT2D eigenvalue weighted by Crippen LogP contribution is -2.42. The van der Waals surface area contributed by atoms with Crippen LogP contribution in [-0.2, 0) is 31.0 Å². The van der Waals surface area contributed by atoms with E-state index in [1.54, 1.807) is 35.0 Å². The number of hydrogen-bond donors (Lipinski definition) is 0. The van der Waals surface area contributed by atoms with E-state index in [9.17, 15) is 18.0 Å². The van der Waals surface area contributed by atoms with Crippen LogP contribution in [0.3, 0.4) is 0 Å². The zero-order valence-corrected chi connectivity index (χ0v) is 16.9. The second-order valence-corrected chi connectivity index (χ2v) is 7.97. The highest BCUT2D eigenvalue weighted by atomic mass is 19.4. The monoisotopic (exact) mass is 422 g/mol. The number of anilines is 1. The molecule has 4 rings (SSSR count). The molecule has 6 nitrogen and oxygen atoms in total. The van der Waals surface area contributed by atoms with Gasteiger partial charge in [0.2, 0.25) is 0 Å². The maximum absolute atomic E-state index is 13.3. The second-order valence-electron chi connectivity index (χ2n) is 7.97. The minimum atomic E-state index is -4.23. The van der Waals surface area contributed by atoms with Gasteiger partial charge in [0.15, 0.2) is 5.78 Å². The first-order chi connectivity index (χ1) is 14.3. The first-order valence-electron chi connectivity index (χ1n) is 10.2. The van der Waals surface area contributed by atoms with Gasteiger partial charge in [-0.3, -0.25) is 9.48 Å². The van der Waals surface area contributed by atoms with Crippen LogP contribution in [-0.4, -0.2) is 53.0 Å². The van der Waals surface area contributed by atoms with Gasteiger partial charge in [0.25, 0.3) is 0 Å². The van der Waals surface area contributed by atoms with E-state index in [0.717, 1.165) is 11.3 Å². The fourth-order valence-corrected chi connectivity index (χ4v) is 4.22. The predicted molar refractivity (Wildman–Crippen MR) is 105 cm³/mol. The van der Waals surface area contributed by atoms with Gasteiger partial charge in [-0.05, 0) is 37.0 Å². The number of nitrogens with zero attached hydrogens (tertiary/aromatic N) is 4. The Morgan fingerprint density at radius 1 is 1.30 bits per heavy atom. The number of aryl methyl sites for hydroxylation is 1. The lowest BCUT2D eigenvalue weighted by molar-refractivity contribution is -0.176. The predicted octanol–water partition coefficient (Wildman–Crippen LogP) is 3.13. The zero-order valence-electron chi connectivity index (χ0n) is 16.9. The number of rotatable bonds is 4. The van der Waals surface area contributed by atoms with Gasteiger partial charge in [0.1, 0.15) is 5.82 Å². The Kier molecular flexibility index (Phi) is 5.81. The minimum Gasteiger partial charge on any atom is -0.381 e. The lowest BCUT2D eigenvalue weighted by atomic mass is 9.95. The van der Waals surface area contributed by atoms with Crippen LogP contribution in [0.15, 0.2) is 18.3 Å². The van der Waals surface area contributed by atoms with E-state index in [2.05, 4.69) is 10.1 Å². The average molecular weight is 422 g/mol. The molecule has 1 saturated heterocycles. The number of halogens is 3. The van der Waals surface area contributed by atoms with E-state index < -0.39 is 12.1 Å². The number of hydrogen-bond acceptors (Lipinski definition) is 5. The molecular weight excluding hydrogens is 397 g/mol. The van der Waals surface area contributed by atoms with Crippen LogP contribution in [0.1, 0.15) is 40.2 Å². The summed E-state index contributed by atoms with van der Waals surface area (Å²) in [4.78, 5) is 19.5. The van der Waals surface area contributed by atoms with Crippen molar-refractivity contribution in [1.82, 2.24) is 14.8 Å². The third-order valence-corrected chi connectivity index (χ3v) is 5.80. The number of aromatic nitrogens is 3. The maximum Gasteiger partial charge on any atom is 0.393 e. The van der Waals surface area contributed by atoms with E-state index in [1.165, 1.54) is 0 Å². The Morgan fingerprint density at radius 2 is 2.10 bits per heavy atom. The van der Waals surface area contributed by atoms with Crippen molar-refractivity contribution in [3.05, 3.63) is 40.8 Å². The molecule has 0 aliphatic carbocycles. The number of alkyl halides is 3. The van der Waals surface area contributed by atoms with Crippen LogP contribution in [0.2, 0.25) is 0 Å². The molecule has 2 aromatic heterocycles. The molecule has 9 heteroatoms. The largest absolute Gasteiger partial charge is 0.393 e. The molecular formula is C21H25F3N4O2. The summed E-state index contributed by atoms with van der Waals surface area (Å²) in [6.45, 7) is 1.36. The van der Waals surface area contributed by atoms with Crippen LogP contribution in [0.25, 0.3) is 0 Å². The van der Waals surface area contributed by atoms with Crippen molar-refractivity contribution in [1.29, 1.82) is 0 Å². The molecule has 0 bridgehead atoms. The van der Waals surface area contributed by atoms with Crippen LogP contribution in [0.4, 0.5) is 19.0 Å². The molecule has 2 aromatic rings. The molecule has 2 aliphatic rings. The first kappa shape index (κ1) is 20.8. The number of ketones is 1. The second kappa shape index (κ2) is 8.37. The summed E-state index contributed by atoms with van der Waals surface area (Å²) in [5.74, 6) is -1.02. The number of Topliss-reactive ketones (excluding diaryl/α,β-unsaturated/α-hetero) is 1. The van der Waals surface area contributed by atoms with Crippen molar-refractivity contribution in [3.63, 3.8) is 0 Å². The summed E-state index contributed by atoms with van der Waals surface area (Å²) >= 11 is 0. The molecule has 1 fully saturated rings. The van der Waals surface area contributed by atoms with E-state index in [-0.39, 0.29) is 25.2 Å². The molecule has 1 atom stereocenters. The Labute approximate surface area is 173 Å². The number of fused-ring (bicyclic) bond motifs is 1. The van der Waals surface area contributed by atoms with Crippen LogP contribution in [0, 0.1) is 5.92 Å². The van der Waals surface area contributed by atoms with Crippen molar-refractivity contribution in [3.8, 4) is 0 Å². The fourth-order valence-electron chi connectivity index (χ4n) is 4.22. The molecule has 0 spiro atoms. The normalized spacial score (nSPS) is 20.0.